The van der Waals surface area contributed by atoms with E-state index in [9.17, 15) is 4.79 Å². The van der Waals surface area contributed by atoms with E-state index in [2.05, 4.69) is 0 Å². The van der Waals surface area contributed by atoms with E-state index < -0.39 is 0 Å². The molecule has 76 valence electrons. The van der Waals surface area contributed by atoms with Crippen LogP contribution in [0.3, 0.4) is 0 Å². The van der Waals surface area contributed by atoms with Crippen LogP contribution in [0.4, 0.5) is 0 Å². The van der Waals surface area contributed by atoms with E-state index in [1.807, 2.05) is 0 Å². The van der Waals surface area contributed by atoms with Gasteiger partial charge in [-0.1, -0.05) is 0 Å². The summed E-state index contributed by atoms with van der Waals surface area (Å²) in [5, 5.41) is 9.15. The average molecular weight is 192 g/mol. The predicted molar refractivity (Wildman–Crippen MR) is 52.8 cm³/mol. The number of fused-ring (bicyclic) bond motifs is 1. The second-order valence-corrected chi connectivity index (χ2v) is 5.25. The Morgan fingerprint density at radius 2 is 1.57 bits per heavy atom. The van der Waals surface area contributed by atoms with Gasteiger partial charge in [-0.3, -0.25) is 4.79 Å². The largest absolute Gasteiger partial charge is 0.515 e. The molecule has 0 amide bonds. The van der Waals surface area contributed by atoms with Crippen molar-refractivity contribution in [3.05, 3.63) is 11.8 Å². The van der Waals surface area contributed by atoms with Crippen molar-refractivity contribution in [2.24, 2.45) is 23.7 Å². The summed E-state index contributed by atoms with van der Waals surface area (Å²) in [6, 6.07) is 0. The molecule has 4 aliphatic carbocycles. The number of aliphatic hydroxyl groups is 1. The summed E-state index contributed by atoms with van der Waals surface area (Å²) >= 11 is 0. The molecular weight excluding hydrogens is 176 g/mol. The Morgan fingerprint density at radius 1 is 1.00 bits per heavy atom. The Hall–Kier alpha value is -0.790. The second-order valence-electron chi connectivity index (χ2n) is 5.25. The van der Waals surface area contributed by atoms with Gasteiger partial charge in [-0.15, -0.1) is 0 Å². The number of carbonyl (C=O) groups excluding carboxylic acids is 1. The lowest BCUT2D eigenvalue weighted by molar-refractivity contribution is -0.120. The van der Waals surface area contributed by atoms with Gasteiger partial charge in [-0.05, 0) is 49.9 Å². The lowest BCUT2D eigenvalue weighted by Gasteiger charge is -2.37. The maximum absolute atomic E-state index is 12.0. The monoisotopic (exact) mass is 192 g/mol. The Kier molecular flexibility index (Phi) is 1.73. The molecule has 2 atom stereocenters. The predicted octanol–water partition coefficient (Wildman–Crippen LogP) is 2.45. The van der Waals surface area contributed by atoms with E-state index in [1.165, 1.54) is 6.42 Å². The van der Waals surface area contributed by atoms with Crippen molar-refractivity contribution >= 4 is 5.78 Å². The Balaban J connectivity index is 2.04. The molecule has 14 heavy (non-hydrogen) atoms. The van der Waals surface area contributed by atoms with E-state index in [0.717, 1.165) is 49.4 Å². The van der Waals surface area contributed by atoms with Crippen LogP contribution in [0.5, 0.6) is 0 Å². The third-order valence-electron chi connectivity index (χ3n) is 4.37. The van der Waals surface area contributed by atoms with Gasteiger partial charge in [0.1, 0.15) is 0 Å². The van der Waals surface area contributed by atoms with Crippen LogP contribution >= 0.6 is 0 Å². The zero-order chi connectivity index (χ0) is 9.71. The summed E-state index contributed by atoms with van der Waals surface area (Å²) in [5.74, 6) is 2.40. The molecule has 4 aliphatic rings. The molecule has 4 fully saturated rings. The van der Waals surface area contributed by atoms with Gasteiger partial charge in [0, 0.05) is 11.5 Å². The summed E-state index contributed by atoms with van der Waals surface area (Å²) in [6.45, 7) is 0. The van der Waals surface area contributed by atoms with Crippen molar-refractivity contribution < 1.29 is 9.90 Å². The molecule has 4 bridgehead atoms. The fourth-order valence-corrected chi connectivity index (χ4v) is 3.92. The molecule has 0 saturated heterocycles. The number of carbonyl (C=O) groups is 1. The molecule has 2 nitrogen and oxygen atoms in total. The third-order valence-corrected chi connectivity index (χ3v) is 4.37. The first-order valence-corrected chi connectivity index (χ1v) is 5.66. The van der Waals surface area contributed by atoms with E-state index in [0.29, 0.717) is 5.92 Å². The maximum Gasteiger partial charge on any atom is 0.165 e. The van der Waals surface area contributed by atoms with Crippen molar-refractivity contribution in [3.63, 3.8) is 0 Å². The highest BCUT2D eigenvalue weighted by Crippen LogP contribution is 2.51. The van der Waals surface area contributed by atoms with Crippen LogP contribution in [-0.2, 0) is 4.79 Å². The molecule has 0 aliphatic heterocycles. The van der Waals surface area contributed by atoms with Gasteiger partial charge in [0.15, 0.2) is 5.78 Å². The first kappa shape index (κ1) is 8.51. The van der Waals surface area contributed by atoms with Crippen molar-refractivity contribution in [1.29, 1.82) is 0 Å². The van der Waals surface area contributed by atoms with E-state index >= 15 is 0 Å². The Morgan fingerprint density at radius 3 is 2.14 bits per heavy atom. The van der Waals surface area contributed by atoms with Crippen molar-refractivity contribution in [2.75, 3.05) is 0 Å². The molecule has 4 rings (SSSR count). The zero-order valence-corrected chi connectivity index (χ0v) is 8.28. The van der Waals surface area contributed by atoms with Gasteiger partial charge in [-0.2, -0.15) is 0 Å². The molecule has 0 aromatic heterocycles. The van der Waals surface area contributed by atoms with Gasteiger partial charge >= 0.3 is 0 Å². The van der Waals surface area contributed by atoms with Crippen LogP contribution in [0.1, 0.15) is 32.1 Å². The van der Waals surface area contributed by atoms with Crippen LogP contribution in [-0.4, -0.2) is 10.9 Å². The second kappa shape index (κ2) is 2.85. The van der Waals surface area contributed by atoms with E-state index in [1.54, 1.807) is 0 Å². The minimum Gasteiger partial charge on any atom is -0.515 e. The van der Waals surface area contributed by atoms with Gasteiger partial charge in [0.25, 0.3) is 0 Å². The Bertz CT molecular complexity index is 291. The van der Waals surface area contributed by atoms with Crippen molar-refractivity contribution in [1.82, 2.24) is 0 Å². The van der Waals surface area contributed by atoms with Crippen molar-refractivity contribution in [2.45, 2.75) is 32.1 Å². The smallest absolute Gasteiger partial charge is 0.165 e. The lowest BCUT2D eigenvalue weighted by Crippen LogP contribution is -2.27. The first-order chi connectivity index (χ1) is 6.78. The summed E-state index contributed by atoms with van der Waals surface area (Å²) in [7, 11) is 0. The van der Waals surface area contributed by atoms with Gasteiger partial charge < -0.3 is 5.11 Å². The number of hydrogen-bond donors (Lipinski definition) is 1. The molecular formula is C12H16O2. The summed E-state index contributed by atoms with van der Waals surface area (Å²) < 4.78 is 0. The summed E-state index contributed by atoms with van der Waals surface area (Å²) in [5.41, 5.74) is 0.736. The number of ketones is 1. The minimum atomic E-state index is 0.240. The standard InChI is InChI=1S/C12H16O2/c13-6-11-9-2-7-1-8(3-9)5-10(4-7)12(11)14/h6-10,13H,1-5H2/b11-6+. The molecule has 2 heteroatoms. The summed E-state index contributed by atoms with van der Waals surface area (Å²) in [6.07, 6.45) is 6.89. The molecule has 0 radical (unpaired) electrons. The summed E-state index contributed by atoms with van der Waals surface area (Å²) in [4.78, 5) is 12.0. The molecule has 1 N–H and O–H groups in total. The average Bonchev–Trinajstić information content (AvgIpc) is 2.29. The van der Waals surface area contributed by atoms with Gasteiger partial charge in [0.2, 0.25) is 0 Å². The molecule has 0 aromatic carbocycles. The van der Waals surface area contributed by atoms with Crippen LogP contribution in [0.15, 0.2) is 11.8 Å². The molecule has 4 saturated carbocycles. The highest BCUT2D eigenvalue weighted by molar-refractivity contribution is 5.98. The SMILES string of the molecule is O=C1/C(=C/O)C2CC3CC(CC1C3)C2. The van der Waals surface area contributed by atoms with E-state index in [4.69, 9.17) is 5.11 Å². The number of hydrogen-bond acceptors (Lipinski definition) is 2. The van der Waals surface area contributed by atoms with Crippen LogP contribution in [0.2, 0.25) is 0 Å². The Labute approximate surface area is 84.0 Å². The highest BCUT2D eigenvalue weighted by atomic mass is 16.2. The fourth-order valence-electron chi connectivity index (χ4n) is 3.92. The van der Waals surface area contributed by atoms with Gasteiger partial charge in [0.05, 0.1) is 6.26 Å². The maximum atomic E-state index is 12.0. The zero-order valence-electron chi connectivity index (χ0n) is 8.28. The number of allylic oxidation sites excluding steroid dienone is 1. The molecule has 0 spiro atoms. The molecule has 0 aromatic rings. The number of Topliss-reactive ketones (excluding diaryl/α,β-unsaturated/α-hetero) is 1. The van der Waals surface area contributed by atoms with Crippen LogP contribution in [0, 0.1) is 23.7 Å². The number of aliphatic hydroxyl groups excluding tert-OH is 1. The quantitative estimate of drug-likeness (QED) is 0.473. The number of rotatable bonds is 0. The fraction of sp³-hybridized carbons (Fsp3) is 0.750. The first-order valence-electron chi connectivity index (χ1n) is 5.66. The normalized spacial score (nSPS) is 48.6. The third kappa shape index (κ3) is 1.06. The van der Waals surface area contributed by atoms with Crippen LogP contribution in [0.25, 0.3) is 0 Å². The van der Waals surface area contributed by atoms with E-state index in [-0.39, 0.29) is 11.7 Å². The minimum absolute atomic E-state index is 0.240. The highest BCUT2D eigenvalue weighted by Gasteiger charge is 2.45. The topological polar surface area (TPSA) is 37.3 Å². The van der Waals surface area contributed by atoms with Crippen LogP contribution < -0.4 is 0 Å². The van der Waals surface area contributed by atoms with Crippen molar-refractivity contribution in [3.8, 4) is 0 Å². The lowest BCUT2D eigenvalue weighted by atomic mass is 9.67. The molecule has 2 unspecified atom stereocenters. The molecule has 0 heterocycles. The van der Waals surface area contributed by atoms with Gasteiger partial charge in [-0.25, -0.2) is 0 Å².